The number of hydrogen-bond acceptors (Lipinski definition) is 4. The first-order valence-electron chi connectivity index (χ1n) is 7.81. The maximum Gasteiger partial charge on any atom is 0.228 e. The number of aromatic nitrogens is 2. The van der Waals surface area contributed by atoms with Crippen LogP contribution in [0.4, 0.5) is 0 Å². The summed E-state index contributed by atoms with van der Waals surface area (Å²) in [7, 11) is 1.84. The molecule has 0 aliphatic carbocycles. The number of amides is 1. The van der Waals surface area contributed by atoms with Crippen LogP contribution < -0.4 is 0 Å². The van der Waals surface area contributed by atoms with Crippen LogP contribution in [-0.2, 0) is 11.2 Å². The molecule has 0 saturated heterocycles. The lowest BCUT2D eigenvalue weighted by molar-refractivity contribution is -0.131. The zero-order valence-corrected chi connectivity index (χ0v) is 14.5. The van der Waals surface area contributed by atoms with Crippen molar-refractivity contribution < 1.29 is 4.79 Å². The van der Waals surface area contributed by atoms with Gasteiger partial charge in [-0.2, -0.15) is 0 Å². The average molecular weight is 337 g/mol. The first-order chi connectivity index (χ1) is 11.6. The summed E-state index contributed by atoms with van der Waals surface area (Å²) in [5.41, 5.74) is 2.76. The smallest absolute Gasteiger partial charge is 0.228 e. The molecule has 3 aromatic rings. The molecule has 0 saturated carbocycles. The molecule has 1 unspecified atom stereocenters. The predicted octanol–water partition coefficient (Wildman–Crippen LogP) is 3.97. The standard InChI is InChI=1S/C19H19N3OS/c1-14(15-8-4-3-5-9-15)22(2)18(23)12-16-13-24-19(21-16)17-10-6-7-11-20-17/h3-11,13-14H,12H2,1-2H3. The zero-order valence-electron chi connectivity index (χ0n) is 13.7. The fourth-order valence-corrected chi connectivity index (χ4v) is 3.24. The van der Waals surface area contributed by atoms with Gasteiger partial charge >= 0.3 is 0 Å². The van der Waals surface area contributed by atoms with Crippen molar-refractivity contribution in [3.63, 3.8) is 0 Å². The van der Waals surface area contributed by atoms with Crippen LogP contribution >= 0.6 is 11.3 Å². The van der Waals surface area contributed by atoms with Gasteiger partial charge in [0, 0.05) is 18.6 Å². The maximum atomic E-state index is 12.5. The van der Waals surface area contributed by atoms with Gasteiger partial charge in [0.1, 0.15) is 5.01 Å². The number of carbonyl (C=O) groups excluding carboxylic acids is 1. The van der Waals surface area contributed by atoms with Crippen molar-refractivity contribution in [3.8, 4) is 10.7 Å². The van der Waals surface area contributed by atoms with Crippen LogP contribution in [0.3, 0.4) is 0 Å². The summed E-state index contributed by atoms with van der Waals surface area (Å²) in [5.74, 6) is 0.0595. The molecule has 0 aliphatic rings. The van der Waals surface area contributed by atoms with Gasteiger partial charge in [0.2, 0.25) is 5.91 Å². The maximum absolute atomic E-state index is 12.5. The predicted molar refractivity (Wildman–Crippen MR) is 96.7 cm³/mol. The number of benzene rings is 1. The van der Waals surface area contributed by atoms with E-state index in [1.54, 1.807) is 11.1 Å². The summed E-state index contributed by atoms with van der Waals surface area (Å²) in [4.78, 5) is 23.2. The molecule has 1 aromatic carbocycles. The minimum atomic E-state index is 0.0348. The van der Waals surface area contributed by atoms with Gasteiger partial charge < -0.3 is 4.90 Å². The number of pyridine rings is 1. The van der Waals surface area contributed by atoms with Crippen LogP contribution in [0.25, 0.3) is 10.7 Å². The van der Waals surface area contributed by atoms with Crippen molar-refractivity contribution in [1.82, 2.24) is 14.9 Å². The normalized spacial score (nSPS) is 11.9. The highest BCUT2D eigenvalue weighted by molar-refractivity contribution is 7.13. The molecule has 2 heterocycles. The highest BCUT2D eigenvalue weighted by atomic mass is 32.1. The molecule has 122 valence electrons. The second-order valence-electron chi connectivity index (χ2n) is 5.63. The summed E-state index contributed by atoms with van der Waals surface area (Å²) >= 11 is 1.52. The van der Waals surface area contributed by atoms with Crippen molar-refractivity contribution in [2.45, 2.75) is 19.4 Å². The molecule has 3 rings (SSSR count). The molecule has 0 fully saturated rings. The van der Waals surface area contributed by atoms with Gasteiger partial charge in [-0.15, -0.1) is 11.3 Å². The van der Waals surface area contributed by atoms with Gasteiger partial charge in [0.05, 0.1) is 23.9 Å². The second kappa shape index (κ2) is 7.36. The van der Waals surface area contributed by atoms with Crippen LogP contribution in [-0.4, -0.2) is 27.8 Å². The molecule has 0 spiro atoms. The molecular formula is C19H19N3OS. The first kappa shape index (κ1) is 16.3. The SMILES string of the molecule is CC(c1ccccc1)N(C)C(=O)Cc1csc(-c2ccccn2)n1. The summed E-state index contributed by atoms with van der Waals surface area (Å²) in [6.07, 6.45) is 2.05. The molecule has 4 nitrogen and oxygen atoms in total. The Hall–Kier alpha value is -2.53. The van der Waals surface area contributed by atoms with Crippen molar-refractivity contribution >= 4 is 17.2 Å². The Morgan fingerprint density at radius 1 is 1.17 bits per heavy atom. The fourth-order valence-electron chi connectivity index (χ4n) is 2.45. The fraction of sp³-hybridized carbons (Fsp3) is 0.211. The van der Waals surface area contributed by atoms with Gasteiger partial charge in [-0.05, 0) is 24.6 Å². The van der Waals surface area contributed by atoms with E-state index in [9.17, 15) is 4.79 Å². The third-order valence-electron chi connectivity index (χ3n) is 4.02. The first-order valence-corrected chi connectivity index (χ1v) is 8.69. The van der Waals surface area contributed by atoms with Gasteiger partial charge in [-0.1, -0.05) is 36.4 Å². The largest absolute Gasteiger partial charge is 0.339 e. The Morgan fingerprint density at radius 2 is 1.92 bits per heavy atom. The van der Waals surface area contributed by atoms with Gasteiger partial charge in [0.15, 0.2) is 0 Å². The lowest BCUT2D eigenvalue weighted by atomic mass is 10.1. The molecule has 2 aromatic heterocycles. The van der Waals surface area contributed by atoms with E-state index in [0.29, 0.717) is 6.42 Å². The Kier molecular flexibility index (Phi) is 5.01. The van der Waals surface area contributed by atoms with E-state index >= 15 is 0 Å². The molecule has 1 amide bonds. The Bertz CT molecular complexity index is 802. The van der Waals surface area contributed by atoms with Gasteiger partial charge in [-0.25, -0.2) is 4.98 Å². The summed E-state index contributed by atoms with van der Waals surface area (Å²) in [5, 5.41) is 2.78. The monoisotopic (exact) mass is 337 g/mol. The molecule has 0 radical (unpaired) electrons. The number of carbonyl (C=O) groups is 1. The highest BCUT2D eigenvalue weighted by Crippen LogP contribution is 2.23. The van der Waals surface area contributed by atoms with Crippen molar-refractivity contribution in [3.05, 3.63) is 71.4 Å². The molecule has 24 heavy (non-hydrogen) atoms. The van der Waals surface area contributed by atoms with Crippen LogP contribution in [0.15, 0.2) is 60.1 Å². The van der Waals surface area contributed by atoms with E-state index in [1.165, 1.54) is 11.3 Å². The average Bonchev–Trinajstić information content (AvgIpc) is 3.10. The third-order valence-corrected chi connectivity index (χ3v) is 4.94. The number of likely N-dealkylation sites (N-methyl/N-ethyl adjacent to an activating group) is 1. The Morgan fingerprint density at radius 3 is 2.62 bits per heavy atom. The van der Waals surface area contributed by atoms with Crippen LogP contribution in [0.2, 0.25) is 0 Å². The molecular weight excluding hydrogens is 318 g/mol. The van der Waals surface area contributed by atoms with Gasteiger partial charge in [0.25, 0.3) is 0 Å². The number of nitrogens with zero attached hydrogens (tertiary/aromatic N) is 3. The van der Waals surface area contributed by atoms with E-state index in [0.717, 1.165) is 22.0 Å². The Labute approximate surface area is 145 Å². The number of thiazole rings is 1. The van der Waals surface area contributed by atoms with E-state index in [4.69, 9.17) is 0 Å². The van der Waals surface area contributed by atoms with E-state index in [2.05, 4.69) is 9.97 Å². The minimum absolute atomic E-state index is 0.0348. The number of rotatable bonds is 5. The third kappa shape index (κ3) is 3.68. The molecule has 0 N–H and O–H groups in total. The second-order valence-corrected chi connectivity index (χ2v) is 6.49. The number of hydrogen-bond donors (Lipinski definition) is 0. The van der Waals surface area contributed by atoms with Crippen molar-refractivity contribution in [1.29, 1.82) is 0 Å². The van der Waals surface area contributed by atoms with Crippen molar-refractivity contribution in [2.24, 2.45) is 0 Å². The molecule has 0 aliphatic heterocycles. The summed E-state index contributed by atoms with van der Waals surface area (Å²) < 4.78 is 0. The quantitative estimate of drug-likeness (QED) is 0.708. The van der Waals surface area contributed by atoms with E-state index < -0.39 is 0 Å². The summed E-state index contributed by atoms with van der Waals surface area (Å²) in [6.45, 7) is 2.04. The zero-order chi connectivity index (χ0) is 16.9. The minimum Gasteiger partial charge on any atom is -0.339 e. The topological polar surface area (TPSA) is 46.1 Å². The van der Waals surface area contributed by atoms with Crippen molar-refractivity contribution in [2.75, 3.05) is 7.05 Å². The Balaban J connectivity index is 1.68. The van der Waals surface area contributed by atoms with E-state index in [-0.39, 0.29) is 11.9 Å². The lowest BCUT2D eigenvalue weighted by Crippen LogP contribution is -2.31. The van der Waals surface area contributed by atoms with E-state index in [1.807, 2.05) is 67.9 Å². The summed E-state index contributed by atoms with van der Waals surface area (Å²) in [6, 6.07) is 15.8. The van der Waals surface area contributed by atoms with Crippen LogP contribution in [0, 0.1) is 0 Å². The molecule has 5 heteroatoms. The lowest BCUT2D eigenvalue weighted by Gasteiger charge is -2.25. The molecule has 0 bridgehead atoms. The highest BCUT2D eigenvalue weighted by Gasteiger charge is 2.18. The molecule has 1 atom stereocenters. The van der Waals surface area contributed by atoms with Gasteiger partial charge in [-0.3, -0.25) is 9.78 Å². The van der Waals surface area contributed by atoms with Crippen LogP contribution in [0.1, 0.15) is 24.2 Å². The van der Waals surface area contributed by atoms with Crippen LogP contribution in [0.5, 0.6) is 0 Å².